The van der Waals surface area contributed by atoms with E-state index in [1.54, 1.807) is 0 Å². The highest BCUT2D eigenvalue weighted by Gasteiger charge is 2.59. The third-order valence-corrected chi connectivity index (χ3v) is 6.01. The van der Waals surface area contributed by atoms with Gasteiger partial charge in [-0.15, -0.1) is 0 Å². The quantitative estimate of drug-likeness (QED) is 0.850. The van der Waals surface area contributed by atoms with Crippen molar-refractivity contribution in [3.8, 4) is 0 Å². The molecule has 2 atom stereocenters. The van der Waals surface area contributed by atoms with Gasteiger partial charge in [-0.05, 0) is 26.7 Å². The Hall–Kier alpha value is -1.89. The van der Waals surface area contributed by atoms with Crippen LogP contribution in [0.25, 0.3) is 0 Å². The summed E-state index contributed by atoms with van der Waals surface area (Å²) in [4.78, 5) is 28.4. The number of carboxylic acids is 1. The zero-order chi connectivity index (χ0) is 17.1. The van der Waals surface area contributed by atoms with E-state index < -0.39 is 11.4 Å². The first kappa shape index (κ1) is 15.6. The highest BCUT2D eigenvalue weighted by atomic mass is 16.4. The van der Waals surface area contributed by atoms with E-state index >= 15 is 0 Å². The number of likely N-dealkylation sites (tertiary alicyclic amines) is 2. The molecule has 2 saturated heterocycles. The van der Waals surface area contributed by atoms with Gasteiger partial charge in [0, 0.05) is 55.8 Å². The van der Waals surface area contributed by atoms with Gasteiger partial charge in [0.15, 0.2) is 0 Å². The molecule has 0 spiro atoms. The molecule has 0 bridgehead atoms. The summed E-state index contributed by atoms with van der Waals surface area (Å²) in [6.45, 7) is 6.87. The average Bonchev–Trinajstić information content (AvgIpc) is 3.14. The van der Waals surface area contributed by atoms with Crippen LogP contribution in [0.1, 0.15) is 29.8 Å². The fourth-order valence-corrected chi connectivity index (χ4v) is 4.38. The first-order chi connectivity index (χ1) is 11.4. The number of aryl methyl sites for hydroxylation is 2. The summed E-state index contributed by atoms with van der Waals surface area (Å²) in [7, 11) is 0. The second-order valence-corrected chi connectivity index (χ2v) is 7.73. The lowest BCUT2D eigenvalue weighted by molar-refractivity contribution is -0.149. The Kier molecular flexibility index (Phi) is 3.46. The monoisotopic (exact) mass is 332 g/mol. The maximum absolute atomic E-state index is 12.3. The van der Waals surface area contributed by atoms with Crippen LogP contribution in [0.5, 0.6) is 0 Å². The maximum atomic E-state index is 12.3. The summed E-state index contributed by atoms with van der Waals surface area (Å²) in [5.41, 5.74) is 2.36. The molecule has 2 N–H and O–H groups in total. The maximum Gasteiger partial charge on any atom is 0.313 e. The normalized spacial score (nSPS) is 29.9. The molecular weight excluding hydrogens is 308 g/mol. The van der Waals surface area contributed by atoms with Crippen LogP contribution in [-0.4, -0.2) is 63.2 Å². The zero-order valence-corrected chi connectivity index (χ0v) is 14.2. The highest BCUT2D eigenvalue weighted by molar-refractivity contribution is 5.84. The Morgan fingerprint density at radius 1 is 1.29 bits per heavy atom. The van der Waals surface area contributed by atoms with E-state index in [0.29, 0.717) is 19.6 Å². The second kappa shape index (κ2) is 5.31. The number of carboxylic acid groups (broad SMARTS) is 1. The molecule has 24 heavy (non-hydrogen) atoms. The fraction of sp³-hybridized carbons (Fsp3) is 0.706. The van der Waals surface area contributed by atoms with Crippen LogP contribution in [0, 0.1) is 31.1 Å². The first-order valence-corrected chi connectivity index (χ1v) is 8.65. The Morgan fingerprint density at radius 3 is 2.58 bits per heavy atom. The van der Waals surface area contributed by atoms with Crippen molar-refractivity contribution < 1.29 is 14.7 Å². The lowest BCUT2D eigenvalue weighted by atomic mass is 9.81. The van der Waals surface area contributed by atoms with Crippen LogP contribution < -0.4 is 0 Å². The molecule has 0 aromatic carbocycles. The lowest BCUT2D eigenvalue weighted by Gasteiger charge is -2.25. The second-order valence-electron chi connectivity index (χ2n) is 7.73. The third-order valence-electron chi connectivity index (χ3n) is 6.01. The Morgan fingerprint density at radius 2 is 2.04 bits per heavy atom. The van der Waals surface area contributed by atoms with Crippen LogP contribution >= 0.6 is 0 Å². The van der Waals surface area contributed by atoms with Crippen molar-refractivity contribution in [3.05, 3.63) is 17.0 Å². The summed E-state index contributed by atoms with van der Waals surface area (Å²) in [6.07, 6.45) is 1.93. The SMILES string of the molecule is Cc1n[nH]c(C)c1CN1C[C@@H]2CN(C(=O)C3CC3)C[C@]2(C(=O)O)C1. The minimum atomic E-state index is -0.809. The third kappa shape index (κ3) is 2.33. The fourth-order valence-electron chi connectivity index (χ4n) is 4.38. The molecule has 1 aromatic rings. The van der Waals surface area contributed by atoms with Gasteiger partial charge in [0.1, 0.15) is 5.41 Å². The van der Waals surface area contributed by atoms with Gasteiger partial charge in [0.2, 0.25) is 5.91 Å². The van der Waals surface area contributed by atoms with Crippen LogP contribution in [0.4, 0.5) is 0 Å². The molecule has 4 rings (SSSR count). The predicted molar refractivity (Wildman–Crippen MR) is 86.2 cm³/mol. The zero-order valence-electron chi connectivity index (χ0n) is 14.2. The number of nitrogens with one attached hydrogen (secondary N) is 1. The van der Waals surface area contributed by atoms with E-state index in [0.717, 1.165) is 42.9 Å². The molecule has 3 fully saturated rings. The molecule has 7 nitrogen and oxygen atoms in total. The van der Waals surface area contributed by atoms with E-state index in [9.17, 15) is 14.7 Å². The van der Waals surface area contributed by atoms with E-state index in [4.69, 9.17) is 0 Å². The molecule has 1 amide bonds. The molecule has 3 aliphatic rings. The number of rotatable bonds is 4. The number of hydrogen-bond acceptors (Lipinski definition) is 4. The number of nitrogens with zero attached hydrogens (tertiary/aromatic N) is 3. The van der Waals surface area contributed by atoms with E-state index in [2.05, 4.69) is 15.1 Å². The van der Waals surface area contributed by atoms with Gasteiger partial charge in [-0.2, -0.15) is 5.10 Å². The molecule has 130 valence electrons. The molecule has 3 heterocycles. The summed E-state index contributed by atoms with van der Waals surface area (Å²) < 4.78 is 0. The van der Waals surface area contributed by atoms with Crippen molar-refractivity contribution in [1.82, 2.24) is 20.0 Å². The molecule has 2 aliphatic heterocycles. The number of aromatic amines is 1. The highest BCUT2D eigenvalue weighted by Crippen LogP contribution is 2.45. The standard InChI is InChI=1S/C17H24N4O3/c1-10-14(11(2)19-18-10)7-20-5-13-6-21(15(22)12-3-4-12)9-17(13,8-20)16(23)24/h12-13H,3-9H2,1-2H3,(H,18,19)(H,23,24)/t13-,17-/m1/s1. The molecule has 1 saturated carbocycles. The van der Waals surface area contributed by atoms with Crippen LogP contribution in [0.2, 0.25) is 0 Å². The number of aliphatic carboxylic acids is 1. The number of hydrogen-bond donors (Lipinski definition) is 2. The van der Waals surface area contributed by atoms with E-state index in [1.165, 1.54) is 0 Å². The number of carbonyl (C=O) groups is 2. The summed E-state index contributed by atoms with van der Waals surface area (Å²) in [5, 5.41) is 17.1. The number of aromatic nitrogens is 2. The summed E-state index contributed by atoms with van der Waals surface area (Å²) in [6, 6.07) is 0. The topological polar surface area (TPSA) is 89.5 Å². The van der Waals surface area contributed by atoms with Crippen molar-refractivity contribution in [2.24, 2.45) is 17.3 Å². The summed E-state index contributed by atoms with van der Waals surface area (Å²) in [5.74, 6) is -0.424. The molecule has 0 radical (unpaired) electrons. The Bertz CT molecular complexity index is 677. The van der Waals surface area contributed by atoms with Gasteiger partial charge in [-0.3, -0.25) is 19.6 Å². The van der Waals surface area contributed by atoms with E-state index in [-0.39, 0.29) is 17.7 Å². The minimum absolute atomic E-state index is 0.0187. The van der Waals surface area contributed by atoms with Gasteiger partial charge in [-0.1, -0.05) is 0 Å². The summed E-state index contributed by atoms with van der Waals surface area (Å²) >= 11 is 0. The average molecular weight is 332 g/mol. The van der Waals surface area contributed by atoms with Crippen LogP contribution in [-0.2, 0) is 16.1 Å². The van der Waals surface area contributed by atoms with Gasteiger partial charge in [0.05, 0.1) is 5.69 Å². The van der Waals surface area contributed by atoms with Crippen molar-refractivity contribution in [1.29, 1.82) is 0 Å². The largest absolute Gasteiger partial charge is 0.481 e. The molecule has 0 unspecified atom stereocenters. The van der Waals surface area contributed by atoms with Crippen LogP contribution in [0.3, 0.4) is 0 Å². The van der Waals surface area contributed by atoms with Gasteiger partial charge in [-0.25, -0.2) is 0 Å². The Labute approximate surface area is 141 Å². The number of carbonyl (C=O) groups excluding carboxylic acids is 1. The molecule has 1 aliphatic carbocycles. The molecular formula is C17H24N4O3. The van der Waals surface area contributed by atoms with Crippen molar-refractivity contribution in [2.45, 2.75) is 33.2 Å². The number of amides is 1. The molecule has 1 aromatic heterocycles. The van der Waals surface area contributed by atoms with Gasteiger partial charge in [0.25, 0.3) is 0 Å². The number of H-pyrrole nitrogens is 1. The minimum Gasteiger partial charge on any atom is -0.481 e. The van der Waals surface area contributed by atoms with Crippen molar-refractivity contribution in [3.63, 3.8) is 0 Å². The van der Waals surface area contributed by atoms with Crippen molar-refractivity contribution >= 4 is 11.9 Å². The van der Waals surface area contributed by atoms with Gasteiger partial charge >= 0.3 is 5.97 Å². The smallest absolute Gasteiger partial charge is 0.313 e. The van der Waals surface area contributed by atoms with Crippen molar-refractivity contribution in [2.75, 3.05) is 26.2 Å². The van der Waals surface area contributed by atoms with Crippen LogP contribution in [0.15, 0.2) is 0 Å². The van der Waals surface area contributed by atoms with E-state index in [1.807, 2.05) is 18.7 Å². The number of fused-ring (bicyclic) bond motifs is 1. The lowest BCUT2D eigenvalue weighted by Crippen LogP contribution is -2.42. The Balaban J connectivity index is 1.51. The van der Waals surface area contributed by atoms with Gasteiger partial charge < -0.3 is 10.0 Å². The predicted octanol–water partition coefficient (Wildman–Crippen LogP) is 0.782. The first-order valence-electron chi connectivity index (χ1n) is 8.65. The molecule has 7 heteroatoms.